The Hall–Kier alpha value is -2.19. The first-order valence-electron chi connectivity index (χ1n) is 6.82. The van der Waals surface area contributed by atoms with Gasteiger partial charge in [-0.25, -0.2) is 0 Å². The van der Waals surface area contributed by atoms with Gasteiger partial charge in [-0.05, 0) is 29.1 Å². The lowest BCUT2D eigenvalue weighted by atomic mass is 10.1. The van der Waals surface area contributed by atoms with E-state index in [0.29, 0.717) is 10.8 Å². The van der Waals surface area contributed by atoms with Crippen molar-refractivity contribution >= 4 is 28.1 Å². The van der Waals surface area contributed by atoms with Crippen LogP contribution >= 0.6 is 11.6 Å². The largest absolute Gasteiger partial charge is 0.495 e. The molecule has 0 saturated carbocycles. The van der Waals surface area contributed by atoms with Crippen LogP contribution in [0.1, 0.15) is 5.56 Å². The third-order valence-electron chi connectivity index (χ3n) is 3.49. The highest BCUT2D eigenvalue weighted by atomic mass is 35.5. The molecule has 1 N–H and O–H groups in total. The molecule has 3 rings (SSSR count). The molecule has 106 valence electrons. The second kappa shape index (κ2) is 6.06. The number of anilines is 1. The zero-order chi connectivity index (χ0) is 14.7. The highest BCUT2D eigenvalue weighted by molar-refractivity contribution is 6.32. The van der Waals surface area contributed by atoms with Gasteiger partial charge in [-0.3, -0.25) is 0 Å². The van der Waals surface area contributed by atoms with Crippen molar-refractivity contribution < 1.29 is 4.74 Å². The Morgan fingerprint density at radius 2 is 1.81 bits per heavy atom. The van der Waals surface area contributed by atoms with Crippen LogP contribution < -0.4 is 10.1 Å². The molecule has 0 amide bonds. The molecule has 0 aliphatic heterocycles. The number of hydrogen-bond acceptors (Lipinski definition) is 2. The Morgan fingerprint density at radius 1 is 1.00 bits per heavy atom. The fraction of sp³-hybridized carbons (Fsp3) is 0.111. The minimum Gasteiger partial charge on any atom is -0.495 e. The van der Waals surface area contributed by atoms with Gasteiger partial charge in [0, 0.05) is 17.6 Å². The van der Waals surface area contributed by atoms with Gasteiger partial charge in [-0.2, -0.15) is 0 Å². The van der Waals surface area contributed by atoms with Crippen LogP contribution in [-0.2, 0) is 6.54 Å². The van der Waals surface area contributed by atoms with Gasteiger partial charge in [-0.1, -0.05) is 54.1 Å². The Morgan fingerprint density at radius 3 is 2.62 bits per heavy atom. The Labute approximate surface area is 129 Å². The van der Waals surface area contributed by atoms with Crippen LogP contribution in [0, 0.1) is 0 Å². The molecule has 0 bridgehead atoms. The van der Waals surface area contributed by atoms with Gasteiger partial charge in [0.25, 0.3) is 0 Å². The van der Waals surface area contributed by atoms with Crippen LogP contribution in [0.4, 0.5) is 5.69 Å². The molecule has 0 unspecified atom stereocenters. The van der Waals surface area contributed by atoms with Gasteiger partial charge < -0.3 is 10.1 Å². The highest BCUT2D eigenvalue weighted by Crippen LogP contribution is 2.27. The highest BCUT2D eigenvalue weighted by Gasteiger charge is 2.03. The second-order valence-corrected chi connectivity index (χ2v) is 5.26. The lowest BCUT2D eigenvalue weighted by molar-refractivity contribution is 0.415. The van der Waals surface area contributed by atoms with Gasteiger partial charge in [0.15, 0.2) is 0 Å². The van der Waals surface area contributed by atoms with E-state index in [1.165, 1.54) is 10.8 Å². The van der Waals surface area contributed by atoms with Crippen molar-refractivity contribution in [3.8, 4) is 5.75 Å². The maximum atomic E-state index is 6.15. The lowest BCUT2D eigenvalue weighted by Gasteiger charge is -2.11. The summed E-state index contributed by atoms with van der Waals surface area (Å²) in [5, 5.41) is 6.56. The zero-order valence-electron chi connectivity index (χ0n) is 11.8. The zero-order valence-corrected chi connectivity index (χ0v) is 12.5. The molecule has 2 nitrogen and oxygen atoms in total. The molecule has 0 heterocycles. The average molecular weight is 298 g/mol. The Balaban J connectivity index is 1.82. The predicted molar refractivity (Wildman–Crippen MR) is 89.3 cm³/mol. The van der Waals surface area contributed by atoms with E-state index in [1.807, 2.05) is 18.2 Å². The van der Waals surface area contributed by atoms with Crippen molar-refractivity contribution in [2.75, 3.05) is 12.4 Å². The lowest BCUT2D eigenvalue weighted by Crippen LogP contribution is -2.00. The van der Waals surface area contributed by atoms with E-state index >= 15 is 0 Å². The van der Waals surface area contributed by atoms with Crippen molar-refractivity contribution in [3.05, 3.63) is 71.2 Å². The van der Waals surface area contributed by atoms with E-state index in [9.17, 15) is 0 Å². The van der Waals surface area contributed by atoms with E-state index in [-0.39, 0.29) is 0 Å². The first-order valence-corrected chi connectivity index (χ1v) is 7.20. The van der Waals surface area contributed by atoms with Crippen LogP contribution in [0.5, 0.6) is 5.75 Å². The topological polar surface area (TPSA) is 21.3 Å². The van der Waals surface area contributed by atoms with Gasteiger partial charge >= 0.3 is 0 Å². The van der Waals surface area contributed by atoms with Gasteiger partial charge in [0.2, 0.25) is 0 Å². The number of methoxy groups -OCH3 is 1. The normalized spacial score (nSPS) is 10.6. The fourth-order valence-corrected chi connectivity index (χ4v) is 2.68. The summed E-state index contributed by atoms with van der Waals surface area (Å²) in [5.41, 5.74) is 2.24. The quantitative estimate of drug-likeness (QED) is 0.722. The van der Waals surface area contributed by atoms with Crippen LogP contribution in [0.3, 0.4) is 0 Å². The third-order valence-corrected chi connectivity index (χ3v) is 3.78. The molecule has 0 fully saturated rings. The van der Waals surface area contributed by atoms with Crippen molar-refractivity contribution in [1.29, 1.82) is 0 Å². The van der Waals surface area contributed by atoms with Crippen molar-refractivity contribution in [2.45, 2.75) is 6.54 Å². The SMILES string of the molecule is COc1ccc(CNc2cccc3ccccc23)cc1Cl. The average Bonchev–Trinajstić information content (AvgIpc) is 2.53. The number of ether oxygens (including phenoxy) is 1. The minimum atomic E-state index is 0.634. The smallest absolute Gasteiger partial charge is 0.137 e. The van der Waals surface area contributed by atoms with Crippen LogP contribution in [0.2, 0.25) is 5.02 Å². The van der Waals surface area contributed by atoms with Gasteiger partial charge in [0.05, 0.1) is 12.1 Å². The summed E-state index contributed by atoms with van der Waals surface area (Å²) in [7, 11) is 1.62. The van der Waals surface area contributed by atoms with Crippen molar-refractivity contribution in [3.63, 3.8) is 0 Å². The van der Waals surface area contributed by atoms with Gasteiger partial charge in [-0.15, -0.1) is 0 Å². The van der Waals surface area contributed by atoms with E-state index < -0.39 is 0 Å². The summed E-state index contributed by atoms with van der Waals surface area (Å²) in [4.78, 5) is 0. The fourth-order valence-electron chi connectivity index (χ4n) is 2.40. The molecule has 0 radical (unpaired) electrons. The summed E-state index contributed by atoms with van der Waals surface area (Å²) in [5.74, 6) is 0.700. The minimum absolute atomic E-state index is 0.634. The van der Waals surface area contributed by atoms with Crippen LogP contribution in [0.25, 0.3) is 10.8 Å². The second-order valence-electron chi connectivity index (χ2n) is 4.85. The van der Waals surface area contributed by atoms with Crippen LogP contribution in [0.15, 0.2) is 60.7 Å². The maximum Gasteiger partial charge on any atom is 0.137 e. The molecule has 21 heavy (non-hydrogen) atoms. The molecule has 0 spiro atoms. The number of benzene rings is 3. The van der Waals surface area contributed by atoms with Crippen molar-refractivity contribution in [2.24, 2.45) is 0 Å². The first-order chi connectivity index (χ1) is 10.3. The monoisotopic (exact) mass is 297 g/mol. The third kappa shape index (κ3) is 2.96. The van der Waals surface area contributed by atoms with Crippen molar-refractivity contribution in [1.82, 2.24) is 0 Å². The molecule has 0 saturated heterocycles. The standard InChI is InChI=1S/C18H16ClNO/c1-21-18-10-9-13(11-16(18)19)12-20-17-8-4-6-14-5-2-3-7-15(14)17/h2-11,20H,12H2,1H3. The molecule has 3 aromatic carbocycles. The van der Waals surface area contributed by atoms with Gasteiger partial charge in [0.1, 0.15) is 5.75 Å². The molecule has 3 heteroatoms. The molecule has 3 aromatic rings. The predicted octanol–water partition coefficient (Wildman–Crippen LogP) is 5.11. The molecule has 0 atom stereocenters. The van der Waals surface area contributed by atoms with E-state index in [1.54, 1.807) is 7.11 Å². The van der Waals surface area contributed by atoms with E-state index in [0.717, 1.165) is 17.8 Å². The number of fused-ring (bicyclic) bond motifs is 1. The van der Waals surface area contributed by atoms with E-state index in [4.69, 9.17) is 16.3 Å². The summed E-state index contributed by atoms with van der Waals surface area (Å²) in [6.45, 7) is 0.720. The number of halogens is 1. The number of nitrogens with one attached hydrogen (secondary N) is 1. The molecule has 0 aromatic heterocycles. The summed E-state index contributed by atoms with van der Waals surface area (Å²) in [6, 6.07) is 20.4. The first kappa shape index (κ1) is 13.8. The molecular formula is C18H16ClNO. The molecular weight excluding hydrogens is 282 g/mol. The summed E-state index contributed by atoms with van der Waals surface area (Å²) < 4.78 is 5.17. The summed E-state index contributed by atoms with van der Waals surface area (Å²) in [6.07, 6.45) is 0. The number of rotatable bonds is 4. The molecule has 0 aliphatic carbocycles. The Bertz CT molecular complexity index is 765. The maximum absolute atomic E-state index is 6.15. The molecule has 0 aliphatic rings. The van der Waals surface area contributed by atoms with E-state index in [2.05, 4.69) is 47.8 Å². The number of hydrogen-bond donors (Lipinski definition) is 1. The Kier molecular flexibility index (Phi) is 3.98. The van der Waals surface area contributed by atoms with Crippen LogP contribution in [-0.4, -0.2) is 7.11 Å². The summed E-state index contributed by atoms with van der Waals surface area (Å²) >= 11 is 6.15.